The molecule has 0 aromatic heterocycles. The van der Waals surface area contributed by atoms with E-state index in [1.54, 1.807) is 25.1 Å². The molecule has 0 saturated heterocycles. The highest BCUT2D eigenvalue weighted by molar-refractivity contribution is 5.45. The van der Waals surface area contributed by atoms with Gasteiger partial charge < -0.3 is 10.5 Å². The maximum absolute atomic E-state index is 12.5. The fourth-order valence-electron chi connectivity index (χ4n) is 1.87. The third-order valence-corrected chi connectivity index (χ3v) is 2.88. The van der Waals surface area contributed by atoms with Crippen LogP contribution >= 0.6 is 0 Å². The molecule has 0 aliphatic heterocycles. The Morgan fingerprint density at radius 2 is 2.05 bits per heavy atom. The van der Waals surface area contributed by atoms with Gasteiger partial charge in [0.15, 0.2) is 0 Å². The summed E-state index contributed by atoms with van der Waals surface area (Å²) in [6.07, 6.45) is -4.22. The van der Waals surface area contributed by atoms with Gasteiger partial charge in [0, 0.05) is 12.1 Å². The molecule has 1 aromatic carbocycles. The fourth-order valence-corrected chi connectivity index (χ4v) is 1.87. The Bertz CT molecular complexity index is 518. The maximum Gasteiger partial charge on any atom is 0.401 e. The van der Waals surface area contributed by atoms with Crippen molar-refractivity contribution in [2.24, 2.45) is 5.73 Å². The number of ether oxygens (including phenoxy) is 1. The van der Waals surface area contributed by atoms with Crippen molar-refractivity contribution >= 4 is 0 Å². The molecule has 21 heavy (non-hydrogen) atoms. The summed E-state index contributed by atoms with van der Waals surface area (Å²) in [5, 5.41) is 0. The Labute approximate surface area is 122 Å². The van der Waals surface area contributed by atoms with Gasteiger partial charge in [0.1, 0.15) is 5.75 Å². The van der Waals surface area contributed by atoms with E-state index in [0.29, 0.717) is 23.4 Å². The average molecular weight is 300 g/mol. The van der Waals surface area contributed by atoms with Crippen LogP contribution in [0.3, 0.4) is 0 Å². The van der Waals surface area contributed by atoms with Crippen molar-refractivity contribution in [3.05, 3.63) is 29.3 Å². The molecule has 116 valence electrons. The molecule has 0 saturated carbocycles. The molecule has 3 nitrogen and oxygen atoms in total. The number of nitrogens with zero attached hydrogens (tertiary/aromatic N) is 1. The van der Waals surface area contributed by atoms with E-state index in [0.717, 1.165) is 0 Å². The summed E-state index contributed by atoms with van der Waals surface area (Å²) in [6.45, 7) is 1.38. The third-order valence-electron chi connectivity index (χ3n) is 2.88. The normalized spacial score (nSPS) is 11.2. The first-order valence-corrected chi connectivity index (χ1v) is 6.54. The smallest absolute Gasteiger partial charge is 0.401 e. The molecule has 1 aromatic rings. The number of halogens is 3. The van der Waals surface area contributed by atoms with Gasteiger partial charge in [-0.1, -0.05) is 18.8 Å². The lowest BCUT2D eigenvalue weighted by Crippen LogP contribution is -2.33. The van der Waals surface area contributed by atoms with E-state index >= 15 is 0 Å². The van der Waals surface area contributed by atoms with Crippen LogP contribution in [-0.2, 0) is 6.54 Å². The molecule has 0 radical (unpaired) electrons. The Hall–Kier alpha value is -1.71. The van der Waals surface area contributed by atoms with Crippen molar-refractivity contribution in [1.82, 2.24) is 4.90 Å². The summed E-state index contributed by atoms with van der Waals surface area (Å²) in [6, 6.07) is 5.17. The number of hydrogen-bond donors (Lipinski definition) is 1. The van der Waals surface area contributed by atoms with Gasteiger partial charge in [-0.25, -0.2) is 0 Å². The number of alkyl halides is 3. The summed E-state index contributed by atoms with van der Waals surface area (Å²) >= 11 is 0. The van der Waals surface area contributed by atoms with Crippen molar-refractivity contribution in [3.8, 4) is 17.6 Å². The topological polar surface area (TPSA) is 38.5 Å². The number of nitrogens with two attached hydrogens (primary N) is 1. The minimum atomic E-state index is -4.22. The molecule has 1 rings (SSSR count). The van der Waals surface area contributed by atoms with Crippen molar-refractivity contribution in [1.29, 1.82) is 0 Å². The van der Waals surface area contributed by atoms with Crippen LogP contribution < -0.4 is 10.5 Å². The fraction of sp³-hybridized carbons (Fsp3) is 0.467. The lowest BCUT2D eigenvalue weighted by Gasteiger charge is -2.22. The van der Waals surface area contributed by atoms with E-state index in [4.69, 9.17) is 10.5 Å². The largest absolute Gasteiger partial charge is 0.497 e. The van der Waals surface area contributed by atoms with Crippen molar-refractivity contribution in [2.45, 2.75) is 19.6 Å². The number of benzene rings is 1. The van der Waals surface area contributed by atoms with Crippen LogP contribution in [0.1, 0.15) is 18.1 Å². The minimum absolute atomic E-state index is 0.155. The summed E-state index contributed by atoms with van der Waals surface area (Å²) in [5.74, 6) is 6.19. The third kappa shape index (κ3) is 6.06. The quantitative estimate of drug-likeness (QED) is 0.849. The summed E-state index contributed by atoms with van der Waals surface area (Å²) in [5.41, 5.74) is 6.70. The van der Waals surface area contributed by atoms with Gasteiger partial charge in [-0.3, -0.25) is 4.90 Å². The number of hydrogen-bond acceptors (Lipinski definition) is 3. The Morgan fingerprint density at radius 3 is 2.57 bits per heavy atom. The molecule has 0 spiro atoms. The van der Waals surface area contributed by atoms with Crippen molar-refractivity contribution in [3.63, 3.8) is 0 Å². The second-order valence-electron chi connectivity index (χ2n) is 4.45. The Kier molecular flexibility index (Phi) is 6.53. The molecule has 0 atom stereocenters. The number of methoxy groups -OCH3 is 1. The van der Waals surface area contributed by atoms with Crippen LogP contribution in [0.15, 0.2) is 18.2 Å². The van der Waals surface area contributed by atoms with Gasteiger partial charge in [0.05, 0.1) is 20.2 Å². The summed E-state index contributed by atoms with van der Waals surface area (Å²) in [4.78, 5) is 1.31. The molecule has 0 aliphatic rings. The minimum Gasteiger partial charge on any atom is -0.497 e. The molecule has 0 heterocycles. The van der Waals surface area contributed by atoms with Crippen LogP contribution in [0.25, 0.3) is 0 Å². The van der Waals surface area contributed by atoms with E-state index < -0.39 is 12.7 Å². The van der Waals surface area contributed by atoms with E-state index in [-0.39, 0.29) is 13.1 Å². The van der Waals surface area contributed by atoms with Gasteiger partial charge in [0.25, 0.3) is 0 Å². The molecule has 2 N–H and O–H groups in total. The van der Waals surface area contributed by atoms with Crippen LogP contribution in [0.2, 0.25) is 0 Å². The van der Waals surface area contributed by atoms with Crippen LogP contribution in [-0.4, -0.2) is 37.8 Å². The molecule has 0 aliphatic carbocycles. The lowest BCUT2D eigenvalue weighted by molar-refractivity contribution is -0.146. The Balaban J connectivity index is 3.02. The maximum atomic E-state index is 12.5. The van der Waals surface area contributed by atoms with Gasteiger partial charge in [-0.2, -0.15) is 13.2 Å². The zero-order valence-electron chi connectivity index (χ0n) is 12.1. The lowest BCUT2D eigenvalue weighted by atomic mass is 10.1. The van der Waals surface area contributed by atoms with E-state index in [1.807, 2.05) is 0 Å². The Morgan fingerprint density at radius 1 is 1.33 bits per heavy atom. The molecular formula is C15H19F3N2O. The van der Waals surface area contributed by atoms with Gasteiger partial charge >= 0.3 is 6.18 Å². The van der Waals surface area contributed by atoms with E-state index in [2.05, 4.69) is 11.8 Å². The van der Waals surface area contributed by atoms with Gasteiger partial charge in [0.2, 0.25) is 0 Å². The van der Waals surface area contributed by atoms with Crippen molar-refractivity contribution in [2.75, 3.05) is 26.7 Å². The van der Waals surface area contributed by atoms with Gasteiger partial charge in [-0.15, -0.1) is 0 Å². The molecular weight excluding hydrogens is 281 g/mol. The SMILES string of the molecule is CCN(Cc1cc(OC)ccc1C#CCN)CC(F)(F)F. The zero-order chi connectivity index (χ0) is 15.9. The molecule has 0 amide bonds. The van der Waals surface area contributed by atoms with E-state index in [1.165, 1.54) is 12.0 Å². The van der Waals surface area contributed by atoms with Crippen LogP contribution in [0.4, 0.5) is 13.2 Å². The number of rotatable bonds is 5. The molecule has 0 bridgehead atoms. The predicted molar refractivity (Wildman–Crippen MR) is 75.9 cm³/mol. The molecule has 0 fully saturated rings. The van der Waals surface area contributed by atoms with Crippen LogP contribution in [0.5, 0.6) is 5.75 Å². The summed E-state index contributed by atoms with van der Waals surface area (Å²) in [7, 11) is 1.51. The highest BCUT2D eigenvalue weighted by atomic mass is 19.4. The molecule has 6 heteroatoms. The first-order chi connectivity index (χ1) is 9.89. The highest BCUT2D eigenvalue weighted by Crippen LogP contribution is 2.22. The highest BCUT2D eigenvalue weighted by Gasteiger charge is 2.30. The van der Waals surface area contributed by atoms with Crippen LogP contribution in [0, 0.1) is 11.8 Å². The second-order valence-corrected chi connectivity index (χ2v) is 4.45. The van der Waals surface area contributed by atoms with E-state index in [9.17, 15) is 13.2 Å². The zero-order valence-corrected chi connectivity index (χ0v) is 12.1. The molecule has 0 unspecified atom stereocenters. The summed E-state index contributed by atoms with van der Waals surface area (Å²) < 4.78 is 42.7. The first-order valence-electron chi connectivity index (χ1n) is 6.54. The average Bonchev–Trinajstić information content (AvgIpc) is 2.43. The predicted octanol–water partition coefficient (Wildman–Crippen LogP) is 2.39. The monoisotopic (exact) mass is 300 g/mol. The second kappa shape index (κ2) is 7.91. The van der Waals surface area contributed by atoms with Gasteiger partial charge in [-0.05, 0) is 30.3 Å². The first kappa shape index (κ1) is 17.3. The van der Waals surface area contributed by atoms with Crippen molar-refractivity contribution < 1.29 is 17.9 Å². The standard InChI is InChI=1S/C15H19F3N2O/c1-3-20(11-15(16,17)18)10-13-9-14(21-2)7-6-12(13)5-4-8-19/h6-7,9H,3,8,10-11,19H2,1-2H3.